The zero-order chi connectivity index (χ0) is 24.0. The molecule has 3 N–H and O–H groups in total. The van der Waals surface area contributed by atoms with E-state index in [0.717, 1.165) is 28.6 Å². The zero-order valence-electron chi connectivity index (χ0n) is 17.6. The van der Waals surface area contributed by atoms with Crippen LogP contribution in [0.15, 0.2) is 53.4 Å². The number of aliphatic imine (C=N–C) groups is 1. The Labute approximate surface area is 190 Å². The molecule has 0 spiro atoms. The molecule has 0 saturated carbocycles. The van der Waals surface area contributed by atoms with Gasteiger partial charge in [-0.05, 0) is 36.2 Å². The molecule has 7 nitrogen and oxygen atoms in total. The molecule has 34 heavy (non-hydrogen) atoms. The maximum Gasteiger partial charge on any atom is 0.417 e. The van der Waals surface area contributed by atoms with Crippen molar-refractivity contribution in [3.05, 3.63) is 59.5 Å². The molecule has 5 rings (SSSR count). The molecule has 0 aliphatic carbocycles. The molecule has 0 radical (unpaired) electrons. The highest BCUT2D eigenvalue weighted by molar-refractivity contribution is 5.88. The number of H-pyrrole nitrogens is 1. The number of carbonyl (C=O) groups excluding carboxylic acids is 1. The minimum Gasteiger partial charge on any atom is -0.439 e. The maximum absolute atomic E-state index is 13.9. The summed E-state index contributed by atoms with van der Waals surface area (Å²) in [6.07, 6.45) is -2.79. The molecule has 11 heteroatoms. The molecule has 2 aliphatic rings. The Morgan fingerprint density at radius 2 is 2.12 bits per heavy atom. The number of hydrogen-bond donors (Lipinski definition) is 2. The van der Waals surface area contributed by atoms with Gasteiger partial charge in [-0.3, -0.25) is 4.79 Å². The molecule has 1 saturated heterocycles. The van der Waals surface area contributed by atoms with Gasteiger partial charge in [-0.1, -0.05) is 0 Å². The molecule has 176 valence electrons. The van der Waals surface area contributed by atoms with E-state index in [-0.39, 0.29) is 31.2 Å². The first-order valence-corrected chi connectivity index (χ1v) is 10.5. The number of halogens is 4. The summed E-state index contributed by atoms with van der Waals surface area (Å²) in [7, 11) is 0. The number of ether oxygens (including phenoxy) is 1. The van der Waals surface area contributed by atoms with Crippen LogP contribution in [0.1, 0.15) is 17.5 Å². The highest BCUT2D eigenvalue weighted by Gasteiger charge is 2.41. The molecule has 1 fully saturated rings. The van der Waals surface area contributed by atoms with Gasteiger partial charge in [-0.15, -0.1) is 0 Å². The molecular formula is C23H19F4N5O2. The monoisotopic (exact) mass is 473 g/mol. The van der Waals surface area contributed by atoms with Gasteiger partial charge in [-0.25, -0.2) is 9.37 Å². The number of pyridine rings is 1. The van der Waals surface area contributed by atoms with Gasteiger partial charge in [0.25, 0.3) is 0 Å². The van der Waals surface area contributed by atoms with Crippen molar-refractivity contribution in [1.82, 2.24) is 14.9 Å². The first-order chi connectivity index (χ1) is 16.2. The van der Waals surface area contributed by atoms with E-state index >= 15 is 0 Å². The Kier molecular flexibility index (Phi) is 5.38. The fraction of sp³-hybridized carbons (Fsp3) is 0.304. The number of hydrogen-bond acceptors (Lipinski definition) is 5. The number of amides is 1. The molecule has 2 aromatic heterocycles. The Bertz CT molecular complexity index is 1310. The van der Waals surface area contributed by atoms with Crippen LogP contribution in [-0.4, -0.2) is 51.4 Å². The predicted molar refractivity (Wildman–Crippen MR) is 115 cm³/mol. The highest BCUT2D eigenvalue weighted by Crippen LogP contribution is 2.32. The Balaban J connectivity index is 1.31. The van der Waals surface area contributed by atoms with E-state index in [9.17, 15) is 22.4 Å². The number of nitrogens with two attached hydrogens (primary N) is 1. The molecule has 0 bridgehead atoms. The molecule has 2 aliphatic heterocycles. The Hall–Kier alpha value is -3.69. The molecule has 3 atom stereocenters. The number of likely N-dealkylation sites (tertiary alicyclic amines) is 1. The number of benzene rings is 1. The zero-order valence-corrected chi connectivity index (χ0v) is 17.6. The molecule has 1 amide bonds. The van der Waals surface area contributed by atoms with E-state index in [4.69, 9.17) is 10.5 Å². The third-order valence-electron chi connectivity index (χ3n) is 5.87. The minimum absolute atomic E-state index is 0.00812. The van der Waals surface area contributed by atoms with E-state index in [1.54, 1.807) is 24.4 Å². The molecule has 1 aromatic carbocycles. The topological polar surface area (TPSA) is 96.6 Å². The molecule has 4 heterocycles. The summed E-state index contributed by atoms with van der Waals surface area (Å²) in [6, 6.07) is 5.79. The van der Waals surface area contributed by atoms with Crippen molar-refractivity contribution in [2.75, 3.05) is 6.54 Å². The number of carbonyl (C=O) groups is 1. The second kappa shape index (κ2) is 8.27. The molecule has 3 aromatic rings. The van der Waals surface area contributed by atoms with Crippen molar-refractivity contribution in [1.29, 1.82) is 0 Å². The van der Waals surface area contributed by atoms with Crippen LogP contribution in [0.25, 0.3) is 10.9 Å². The van der Waals surface area contributed by atoms with Crippen LogP contribution in [0, 0.1) is 0 Å². The fourth-order valence-electron chi connectivity index (χ4n) is 4.13. The lowest BCUT2D eigenvalue weighted by Gasteiger charge is -2.24. The smallest absolute Gasteiger partial charge is 0.417 e. The first-order valence-electron chi connectivity index (χ1n) is 10.5. The SMILES string of the molecule is N[C@@H](Cc1c[nH]c2ccc(Oc3ccc(C(F)(F)F)cn3)cc12)C(=O)N1CC(F)C[C@H]1C1=C=N1. The Morgan fingerprint density at radius 3 is 2.79 bits per heavy atom. The van der Waals surface area contributed by atoms with Crippen LogP contribution < -0.4 is 10.5 Å². The average Bonchev–Trinajstić information content (AvgIpc) is 3.46. The van der Waals surface area contributed by atoms with Gasteiger partial charge in [-0.2, -0.15) is 18.2 Å². The molecule has 1 unspecified atom stereocenters. The number of nitrogens with one attached hydrogen (secondary N) is 1. The van der Waals surface area contributed by atoms with Crippen molar-refractivity contribution in [2.45, 2.75) is 37.3 Å². The van der Waals surface area contributed by atoms with Crippen LogP contribution in [0.3, 0.4) is 0 Å². The molecular weight excluding hydrogens is 454 g/mol. The van der Waals surface area contributed by atoms with Crippen molar-refractivity contribution in [2.24, 2.45) is 10.7 Å². The largest absolute Gasteiger partial charge is 0.439 e. The second-order valence-electron chi connectivity index (χ2n) is 8.27. The second-order valence-corrected chi connectivity index (χ2v) is 8.27. The summed E-state index contributed by atoms with van der Waals surface area (Å²) in [5.74, 6) is 2.69. The third-order valence-corrected chi connectivity index (χ3v) is 5.87. The van der Waals surface area contributed by atoms with Gasteiger partial charge in [0.2, 0.25) is 11.8 Å². The highest BCUT2D eigenvalue weighted by atomic mass is 19.4. The fourth-order valence-corrected chi connectivity index (χ4v) is 4.13. The number of rotatable bonds is 6. The number of fused-ring (bicyclic) bond motifs is 1. The predicted octanol–water partition coefficient (Wildman–Crippen LogP) is 3.75. The lowest BCUT2D eigenvalue weighted by molar-refractivity contribution is -0.138. The van der Waals surface area contributed by atoms with Crippen molar-refractivity contribution >= 4 is 22.7 Å². The summed E-state index contributed by atoms with van der Waals surface area (Å²) in [5, 5.41) is 0.738. The van der Waals surface area contributed by atoms with Gasteiger partial charge in [0.15, 0.2) is 0 Å². The van der Waals surface area contributed by atoms with Crippen LogP contribution in [-0.2, 0) is 17.4 Å². The van der Waals surface area contributed by atoms with E-state index in [1.165, 1.54) is 4.90 Å². The average molecular weight is 473 g/mol. The van der Waals surface area contributed by atoms with Crippen LogP contribution in [0.5, 0.6) is 11.6 Å². The van der Waals surface area contributed by atoms with Gasteiger partial charge < -0.3 is 20.4 Å². The van der Waals surface area contributed by atoms with E-state index < -0.39 is 30.0 Å². The number of aromatic nitrogens is 2. The van der Waals surface area contributed by atoms with Gasteiger partial charge >= 0.3 is 6.18 Å². The van der Waals surface area contributed by atoms with E-state index in [2.05, 4.69) is 20.8 Å². The van der Waals surface area contributed by atoms with E-state index in [1.807, 2.05) is 0 Å². The van der Waals surface area contributed by atoms with Gasteiger partial charge in [0.1, 0.15) is 17.6 Å². The Morgan fingerprint density at radius 1 is 1.32 bits per heavy atom. The minimum atomic E-state index is -4.48. The van der Waals surface area contributed by atoms with Crippen LogP contribution in [0.4, 0.5) is 17.6 Å². The summed E-state index contributed by atoms with van der Waals surface area (Å²) in [6.45, 7) is -0.0239. The normalized spacial score (nSPS) is 20.5. The number of alkyl halides is 4. The van der Waals surface area contributed by atoms with E-state index in [0.29, 0.717) is 17.6 Å². The van der Waals surface area contributed by atoms with Crippen molar-refractivity contribution in [3.63, 3.8) is 0 Å². The van der Waals surface area contributed by atoms with Crippen LogP contribution in [0.2, 0.25) is 0 Å². The maximum atomic E-state index is 13.9. The third kappa shape index (κ3) is 4.40. The first kappa shape index (κ1) is 22.1. The summed E-state index contributed by atoms with van der Waals surface area (Å²) in [5.41, 5.74) is 7.43. The van der Waals surface area contributed by atoms with Crippen molar-refractivity contribution < 1.29 is 27.1 Å². The summed E-state index contributed by atoms with van der Waals surface area (Å²) >= 11 is 0. The lowest BCUT2D eigenvalue weighted by Crippen LogP contribution is -2.47. The lowest BCUT2D eigenvalue weighted by atomic mass is 10.0. The van der Waals surface area contributed by atoms with Gasteiger partial charge in [0.05, 0.1) is 24.2 Å². The number of nitrogens with zero attached hydrogens (tertiary/aromatic N) is 3. The summed E-state index contributed by atoms with van der Waals surface area (Å²) in [4.78, 5) is 25.0. The number of aromatic amines is 1. The quantitative estimate of drug-likeness (QED) is 0.533. The van der Waals surface area contributed by atoms with Gasteiger partial charge in [0, 0.05) is 41.7 Å². The van der Waals surface area contributed by atoms with Crippen molar-refractivity contribution in [3.8, 4) is 11.6 Å². The van der Waals surface area contributed by atoms with Crippen LogP contribution >= 0.6 is 0 Å². The standard InChI is InChI=1S/C23H19F4N5O2/c24-14-6-20(19-10-30-19)32(11-14)22(33)17(28)5-12-8-29-18-3-2-15(7-16(12)18)34-21-4-1-13(9-31-21)23(25,26)27/h1-4,7-9,14,17,20,29H,5-6,11,28H2/t14?,17-,20-/m0/s1. The summed E-state index contributed by atoms with van der Waals surface area (Å²) < 4.78 is 57.7.